The van der Waals surface area contributed by atoms with Crippen molar-refractivity contribution in [2.24, 2.45) is 4.99 Å². The van der Waals surface area contributed by atoms with Gasteiger partial charge >= 0.3 is 0 Å². The Hall–Kier alpha value is -1.78. The summed E-state index contributed by atoms with van der Waals surface area (Å²) in [7, 11) is -3.61. The molecule has 2 N–H and O–H groups in total. The highest BCUT2D eigenvalue weighted by atomic mass is 35.5. The van der Waals surface area contributed by atoms with E-state index in [-0.39, 0.29) is 23.8 Å². The number of rotatable bonds is 4. The van der Waals surface area contributed by atoms with Crippen LogP contribution < -0.4 is 10.6 Å². The molecule has 0 unspecified atom stereocenters. The van der Waals surface area contributed by atoms with Crippen LogP contribution in [0.3, 0.4) is 0 Å². The van der Waals surface area contributed by atoms with E-state index in [1.165, 1.54) is 28.6 Å². The zero-order valence-corrected chi connectivity index (χ0v) is 19.5. The van der Waals surface area contributed by atoms with Crippen molar-refractivity contribution in [3.63, 3.8) is 0 Å². The number of sulfonamides is 1. The lowest BCUT2D eigenvalue weighted by Crippen LogP contribution is -2.64. The van der Waals surface area contributed by atoms with Gasteiger partial charge in [0.1, 0.15) is 17.5 Å². The molecule has 1 fully saturated rings. The lowest BCUT2D eigenvalue weighted by atomic mass is 9.85. The molecule has 2 aromatic rings. The molecule has 4 rings (SSSR count). The Morgan fingerprint density at radius 1 is 1.09 bits per heavy atom. The molecule has 0 atom stereocenters. The van der Waals surface area contributed by atoms with E-state index in [2.05, 4.69) is 15.6 Å². The highest BCUT2D eigenvalue weighted by molar-refractivity contribution is 7.89. The van der Waals surface area contributed by atoms with Gasteiger partial charge in [0.05, 0.1) is 17.0 Å². The number of piperidine rings is 1. The quantitative estimate of drug-likeness (QED) is 0.669. The maximum Gasteiger partial charge on any atom is 0.243 e. The predicted molar refractivity (Wildman–Crippen MR) is 123 cm³/mol. The zero-order valence-electron chi connectivity index (χ0n) is 17.2. The van der Waals surface area contributed by atoms with Crippen LogP contribution in [0, 0.1) is 11.6 Å². The van der Waals surface area contributed by atoms with Crippen LogP contribution in [0.25, 0.3) is 0 Å². The van der Waals surface area contributed by atoms with Crippen molar-refractivity contribution < 1.29 is 17.2 Å². The van der Waals surface area contributed by atoms with Gasteiger partial charge in [-0.3, -0.25) is 4.99 Å². The Balaban J connectivity index is 0.00000289. The predicted octanol–water partition coefficient (Wildman–Crippen LogP) is 3.35. The Morgan fingerprint density at radius 2 is 1.72 bits per heavy atom. The molecule has 0 amide bonds. The van der Waals surface area contributed by atoms with Crippen LogP contribution in [0.1, 0.15) is 18.4 Å². The van der Waals surface area contributed by atoms with Crippen LogP contribution in [0.5, 0.6) is 0 Å². The minimum absolute atomic E-state index is 0. The molecule has 0 radical (unpaired) electrons. The van der Waals surface area contributed by atoms with Crippen molar-refractivity contribution in [3.8, 4) is 0 Å². The molecule has 2 aliphatic rings. The van der Waals surface area contributed by atoms with Gasteiger partial charge in [0.25, 0.3) is 0 Å². The molecule has 2 aliphatic heterocycles. The van der Waals surface area contributed by atoms with Gasteiger partial charge in [0, 0.05) is 37.3 Å². The van der Waals surface area contributed by atoms with Crippen molar-refractivity contribution in [3.05, 3.63) is 64.7 Å². The molecule has 11 heteroatoms. The van der Waals surface area contributed by atoms with E-state index in [9.17, 15) is 17.2 Å². The van der Waals surface area contributed by atoms with E-state index in [1.54, 1.807) is 12.1 Å². The van der Waals surface area contributed by atoms with Gasteiger partial charge in [-0.1, -0.05) is 11.6 Å². The molecule has 32 heavy (non-hydrogen) atoms. The fourth-order valence-electron chi connectivity index (χ4n) is 4.10. The number of halogens is 4. The summed E-state index contributed by atoms with van der Waals surface area (Å²) < 4.78 is 54.4. The molecular weight excluding hydrogens is 481 g/mol. The standard InChI is InChI=1S/C21H23ClF2N4O2S.ClH/c22-16-1-3-19(4-2-16)31(29,30)28-9-5-21(6-10-28)20(25-7-8-27-21)26-14-15-11-17(23)13-18(24)12-15;/h1-4,11-13,27H,5-10,14H2,(H,25,26);1H. The number of hydrogen-bond donors (Lipinski definition) is 2. The summed E-state index contributed by atoms with van der Waals surface area (Å²) in [5.41, 5.74) is -0.0143. The smallest absolute Gasteiger partial charge is 0.243 e. The number of nitrogens with zero attached hydrogens (tertiary/aromatic N) is 2. The minimum atomic E-state index is -3.61. The van der Waals surface area contributed by atoms with E-state index in [1.807, 2.05) is 0 Å². The number of benzene rings is 2. The van der Waals surface area contributed by atoms with Crippen molar-refractivity contribution in [2.75, 3.05) is 26.2 Å². The maximum atomic E-state index is 13.5. The highest BCUT2D eigenvalue weighted by Gasteiger charge is 2.43. The van der Waals surface area contributed by atoms with Gasteiger partial charge < -0.3 is 10.6 Å². The first-order chi connectivity index (χ1) is 14.8. The van der Waals surface area contributed by atoms with Crippen LogP contribution in [-0.4, -0.2) is 50.3 Å². The fraction of sp³-hybridized carbons (Fsp3) is 0.381. The van der Waals surface area contributed by atoms with Crippen molar-refractivity contribution in [2.45, 2.75) is 29.8 Å². The average Bonchev–Trinajstić information content (AvgIpc) is 2.73. The first-order valence-electron chi connectivity index (χ1n) is 10.0. The summed E-state index contributed by atoms with van der Waals surface area (Å²) >= 11 is 5.87. The molecule has 0 aliphatic carbocycles. The van der Waals surface area contributed by atoms with E-state index < -0.39 is 27.2 Å². The molecule has 6 nitrogen and oxygen atoms in total. The Kier molecular flexibility index (Phi) is 7.77. The van der Waals surface area contributed by atoms with Gasteiger partial charge in [-0.15, -0.1) is 12.4 Å². The van der Waals surface area contributed by atoms with E-state index in [0.29, 0.717) is 55.4 Å². The molecule has 1 spiro atoms. The molecular formula is C21H24Cl2F2N4O2S. The first-order valence-corrected chi connectivity index (χ1v) is 11.8. The van der Waals surface area contributed by atoms with Crippen LogP contribution in [0.2, 0.25) is 5.02 Å². The van der Waals surface area contributed by atoms with Crippen molar-refractivity contribution >= 4 is 39.9 Å². The summed E-state index contributed by atoms with van der Waals surface area (Å²) in [5.74, 6) is -0.557. The largest absolute Gasteiger partial charge is 0.368 e. The molecule has 1 saturated heterocycles. The first kappa shape index (κ1) is 24.9. The summed E-state index contributed by atoms with van der Waals surface area (Å²) in [5, 5.41) is 7.18. The molecule has 0 bridgehead atoms. The lowest BCUT2D eigenvalue weighted by Gasteiger charge is -2.44. The molecule has 0 aromatic heterocycles. The second-order valence-corrected chi connectivity index (χ2v) is 10.1. The Bertz CT molecular complexity index is 1070. The average molecular weight is 505 g/mol. The number of hydrogen-bond acceptors (Lipinski definition) is 5. The number of amidine groups is 1. The third kappa shape index (κ3) is 5.23. The molecule has 2 heterocycles. The van der Waals surface area contributed by atoms with E-state index >= 15 is 0 Å². The number of nitrogens with one attached hydrogen (secondary N) is 2. The normalized spacial score (nSPS) is 18.7. The summed E-state index contributed by atoms with van der Waals surface area (Å²) in [6, 6.07) is 9.53. The second-order valence-electron chi connectivity index (χ2n) is 7.73. The van der Waals surface area contributed by atoms with Gasteiger partial charge in [-0.2, -0.15) is 4.31 Å². The third-order valence-corrected chi connectivity index (χ3v) is 7.87. The van der Waals surface area contributed by atoms with Crippen molar-refractivity contribution in [1.29, 1.82) is 0 Å². The Morgan fingerprint density at radius 3 is 2.34 bits per heavy atom. The molecule has 174 valence electrons. The third-order valence-electron chi connectivity index (χ3n) is 5.71. The van der Waals surface area contributed by atoms with E-state index in [4.69, 9.17) is 11.6 Å². The molecule has 0 saturated carbocycles. The number of aliphatic imine (C=N–C) groups is 1. The fourth-order valence-corrected chi connectivity index (χ4v) is 5.67. The summed E-state index contributed by atoms with van der Waals surface area (Å²) in [6.45, 7) is 2.14. The molecule has 2 aromatic carbocycles. The SMILES string of the molecule is Cl.O=S(=O)(c1ccc(Cl)cc1)N1CCC2(CC1)NCCN=C2NCc1cc(F)cc(F)c1. The zero-order chi connectivity index (χ0) is 22.1. The van der Waals surface area contributed by atoms with E-state index in [0.717, 1.165) is 6.07 Å². The van der Waals surface area contributed by atoms with Gasteiger partial charge in [0.2, 0.25) is 10.0 Å². The van der Waals surface area contributed by atoms with Crippen LogP contribution in [0.15, 0.2) is 52.4 Å². The van der Waals surface area contributed by atoms with Crippen LogP contribution in [0.4, 0.5) is 8.78 Å². The summed E-state index contributed by atoms with van der Waals surface area (Å²) in [4.78, 5) is 4.81. The Labute approximate surface area is 197 Å². The van der Waals surface area contributed by atoms with Crippen LogP contribution >= 0.6 is 24.0 Å². The minimum Gasteiger partial charge on any atom is -0.368 e. The monoisotopic (exact) mass is 504 g/mol. The van der Waals surface area contributed by atoms with Gasteiger partial charge in [-0.25, -0.2) is 17.2 Å². The second kappa shape index (κ2) is 10.0. The summed E-state index contributed by atoms with van der Waals surface area (Å²) in [6.07, 6.45) is 1.06. The van der Waals surface area contributed by atoms with Crippen molar-refractivity contribution in [1.82, 2.24) is 14.9 Å². The lowest BCUT2D eigenvalue weighted by molar-refractivity contribution is 0.241. The van der Waals surface area contributed by atoms with Crippen LogP contribution in [-0.2, 0) is 16.6 Å². The topological polar surface area (TPSA) is 73.8 Å². The van der Waals surface area contributed by atoms with Gasteiger partial charge in [-0.05, 0) is 54.8 Å². The maximum absolute atomic E-state index is 13.5. The van der Waals surface area contributed by atoms with Gasteiger partial charge in [0.15, 0.2) is 0 Å². The highest BCUT2D eigenvalue weighted by Crippen LogP contribution is 2.29.